The summed E-state index contributed by atoms with van der Waals surface area (Å²) in [6, 6.07) is 0.618. The molecule has 1 fully saturated rings. The van der Waals surface area contributed by atoms with Crippen molar-refractivity contribution in [1.82, 2.24) is 5.32 Å². The average Bonchev–Trinajstić information content (AvgIpc) is 2.71. The Bertz CT molecular complexity index is 507. The van der Waals surface area contributed by atoms with Gasteiger partial charge in [0.2, 0.25) is 0 Å². The van der Waals surface area contributed by atoms with Crippen molar-refractivity contribution in [3.8, 4) is 5.75 Å². The predicted molar refractivity (Wildman–Crippen MR) is 59.7 cm³/mol. The molecule has 1 N–H and O–H groups in total. The number of benzene rings is 1. The van der Waals surface area contributed by atoms with Crippen LogP contribution in [-0.2, 0) is 4.74 Å². The van der Waals surface area contributed by atoms with E-state index < -0.39 is 41.9 Å². The van der Waals surface area contributed by atoms with Crippen LogP contribution in [0.2, 0.25) is 0 Å². The molecule has 8 heteroatoms. The number of halogens is 4. The highest BCUT2D eigenvalue weighted by molar-refractivity contribution is 5.70. The highest BCUT2D eigenvalue weighted by Gasteiger charge is 2.30. The minimum Gasteiger partial charge on any atom is -0.487 e. The van der Waals surface area contributed by atoms with Crippen LogP contribution < -0.4 is 10.1 Å². The molecule has 1 heterocycles. The van der Waals surface area contributed by atoms with Crippen molar-refractivity contribution < 1.29 is 31.8 Å². The van der Waals surface area contributed by atoms with Crippen molar-refractivity contribution >= 4 is 6.09 Å². The highest BCUT2D eigenvalue weighted by Crippen LogP contribution is 2.28. The first-order chi connectivity index (χ1) is 9.26. The lowest BCUT2D eigenvalue weighted by atomic mass is 10.1. The zero-order valence-electron chi connectivity index (χ0n) is 10.4. The van der Waals surface area contributed by atoms with Gasteiger partial charge in [-0.1, -0.05) is 0 Å². The number of cyclic esters (lactones) is 1. The van der Waals surface area contributed by atoms with Gasteiger partial charge in [-0.2, -0.15) is 0 Å². The molecule has 1 aliphatic rings. The molecule has 0 aliphatic carbocycles. The Balaban J connectivity index is 2.18. The number of hydrogen-bond donors (Lipinski definition) is 1. The van der Waals surface area contributed by atoms with Crippen LogP contribution in [0.4, 0.5) is 22.4 Å². The number of ether oxygens (including phenoxy) is 2. The van der Waals surface area contributed by atoms with E-state index in [1.54, 1.807) is 0 Å². The Morgan fingerprint density at radius 3 is 2.45 bits per heavy atom. The van der Waals surface area contributed by atoms with E-state index in [4.69, 9.17) is 0 Å². The summed E-state index contributed by atoms with van der Waals surface area (Å²) < 4.78 is 62.0. The summed E-state index contributed by atoms with van der Waals surface area (Å²) >= 11 is 0. The third-order valence-corrected chi connectivity index (χ3v) is 2.57. The SMILES string of the molecule is CC(F)(F)COc1cc(F)c(C2COC(=O)N2)c(F)c1. The van der Waals surface area contributed by atoms with Crippen LogP contribution in [0.1, 0.15) is 18.5 Å². The smallest absolute Gasteiger partial charge is 0.407 e. The third-order valence-electron chi connectivity index (χ3n) is 2.57. The third kappa shape index (κ3) is 3.31. The van der Waals surface area contributed by atoms with Gasteiger partial charge in [0.25, 0.3) is 5.92 Å². The molecule has 0 bridgehead atoms. The maximum Gasteiger partial charge on any atom is 0.407 e. The van der Waals surface area contributed by atoms with Crippen LogP contribution in [0.5, 0.6) is 5.75 Å². The summed E-state index contributed by atoms with van der Waals surface area (Å²) in [7, 11) is 0. The molecule has 4 nitrogen and oxygen atoms in total. The minimum absolute atomic E-state index is 0.208. The fraction of sp³-hybridized carbons (Fsp3) is 0.417. The van der Waals surface area contributed by atoms with Gasteiger partial charge in [0, 0.05) is 24.6 Å². The molecule has 0 spiro atoms. The summed E-state index contributed by atoms with van der Waals surface area (Å²) in [6.45, 7) is -0.576. The number of rotatable bonds is 4. The topological polar surface area (TPSA) is 47.6 Å². The van der Waals surface area contributed by atoms with E-state index in [0.717, 1.165) is 12.1 Å². The van der Waals surface area contributed by atoms with E-state index in [1.165, 1.54) is 0 Å². The van der Waals surface area contributed by atoms with Crippen LogP contribution >= 0.6 is 0 Å². The molecule has 1 aliphatic heterocycles. The van der Waals surface area contributed by atoms with Crippen molar-refractivity contribution in [3.63, 3.8) is 0 Å². The van der Waals surface area contributed by atoms with Crippen molar-refractivity contribution in [2.45, 2.75) is 18.9 Å². The molecule has 0 aromatic heterocycles. The van der Waals surface area contributed by atoms with Crippen molar-refractivity contribution in [3.05, 3.63) is 29.3 Å². The van der Waals surface area contributed by atoms with Crippen LogP contribution in [0.15, 0.2) is 12.1 Å². The molecule has 1 unspecified atom stereocenters. The maximum atomic E-state index is 13.8. The average molecular weight is 293 g/mol. The molecule has 0 saturated carbocycles. The minimum atomic E-state index is -3.11. The molecule has 1 aromatic carbocycles. The van der Waals surface area contributed by atoms with Crippen LogP contribution in [0.3, 0.4) is 0 Å². The number of amides is 1. The van der Waals surface area contributed by atoms with Crippen molar-refractivity contribution in [2.75, 3.05) is 13.2 Å². The van der Waals surface area contributed by atoms with Crippen molar-refractivity contribution in [1.29, 1.82) is 0 Å². The maximum absolute atomic E-state index is 13.8. The Kier molecular flexibility index (Phi) is 3.74. The monoisotopic (exact) mass is 293 g/mol. The predicted octanol–water partition coefficient (Wildman–Crippen LogP) is 2.78. The standard InChI is InChI=1S/C12H11F4NO3/c1-12(15,16)5-20-6-2-7(13)10(8(14)3-6)9-4-19-11(18)17-9/h2-3,9H,4-5H2,1H3,(H,17,18). The summed E-state index contributed by atoms with van der Waals surface area (Å²) in [5.74, 6) is -5.47. The molecule has 1 saturated heterocycles. The Hall–Kier alpha value is -1.99. The number of nitrogens with one attached hydrogen (secondary N) is 1. The normalized spacial score (nSPS) is 18.6. The van der Waals surface area contributed by atoms with Gasteiger partial charge in [-0.3, -0.25) is 0 Å². The Morgan fingerprint density at radius 1 is 1.40 bits per heavy atom. The molecular formula is C12H11F4NO3. The lowest BCUT2D eigenvalue weighted by Gasteiger charge is -2.15. The lowest BCUT2D eigenvalue weighted by Crippen LogP contribution is -2.22. The van der Waals surface area contributed by atoms with E-state index >= 15 is 0 Å². The van der Waals surface area contributed by atoms with Gasteiger partial charge >= 0.3 is 6.09 Å². The van der Waals surface area contributed by atoms with E-state index in [0.29, 0.717) is 6.92 Å². The fourth-order valence-electron chi connectivity index (χ4n) is 1.73. The van der Waals surface area contributed by atoms with E-state index in [2.05, 4.69) is 14.8 Å². The first-order valence-corrected chi connectivity index (χ1v) is 5.69. The Labute approximate surface area is 111 Å². The van der Waals surface area contributed by atoms with Gasteiger partial charge in [-0.25, -0.2) is 22.4 Å². The molecule has 1 amide bonds. The van der Waals surface area contributed by atoms with Gasteiger partial charge in [0.1, 0.15) is 24.0 Å². The fourth-order valence-corrected chi connectivity index (χ4v) is 1.73. The number of carbonyl (C=O) groups excluding carboxylic acids is 1. The molecule has 0 radical (unpaired) electrons. The highest BCUT2D eigenvalue weighted by atomic mass is 19.3. The summed E-state index contributed by atoms with van der Waals surface area (Å²) in [6.07, 6.45) is -0.778. The van der Waals surface area contributed by atoms with E-state index in [1.807, 2.05) is 0 Å². The largest absolute Gasteiger partial charge is 0.487 e. The second-order valence-electron chi connectivity index (χ2n) is 4.45. The van der Waals surface area contributed by atoms with Crippen LogP contribution in [0.25, 0.3) is 0 Å². The number of alkyl carbamates (subject to hydrolysis) is 1. The summed E-state index contributed by atoms with van der Waals surface area (Å²) in [4.78, 5) is 10.8. The van der Waals surface area contributed by atoms with Crippen molar-refractivity contribution in [2.24, 2.45) is 0 Å². The molecule has 1 aromatic rings. The second-order valence-corrected chi connectivity index (χ2v) is 4.45. The van der Waals surface area contributed by atoms with Crippen LogP contribution in [-0.4, -0.2) is 25.2 Å². The number of hydrogen-bond acceptors (Lipinski definition) is 3. The zero-order valence-corrected chi connectivity index (χ0v) is 10.4. The lowest BCUT2D eigenvalue weighted by molar-refractivity contribution is -0.0231. The second kappa shape index (κ2) is 5.18. The quantitative estimate of drug-likeness (QED) is 0.868. The van der Waals surface area contributed by atoms with Gasteiger partial charge < -0.3 is 14.8 Å². The number of carbonyl (C=O) groups is 1. The molecule has 2 rings (SSSR count). The number of alkyl halides is 2. The molecule has 1 atom stereocenters. The van der Waals surface area contributed by atoms with E-state index in [-0.39, 0.29) is 12.4 Å². The molecular weight excluding hydrogens is 282 g/mol. The Morgan fingerprint density at radius 2 is 2.00 bits per heavy atom. The first-order valence-electron chi connectivity index (χ1n) is 5.69. The summed E-state index contributed by atoms with van der Waals surface area (Å²) in [5, 5.41) is 2.23. The van der Waals surface area contributed by atoms with Gasteiger partial charge in [0.05, 0.1) is 6.04 Å². The zero-order chi connectivity index (χ0) is 14.9. The first kappa shape index (κ1) is 14.4. The van der Waals surface area contributed by atoms with E-state index in [9.17, 15) is 22.4 Å². The van der Waals surface area contributed by atoms with Crippen LogP contribution in [0, 0.1) is 11.6 Å². The molecule has 110 valence electrons. The molecule has 20 heavy (non-hydrogen) atoms. The summed E-state index contributed by atoms with van der Waals surface area (Å²) in [5.41, 5.74) is -0.397. The van der Waals surface area contributed by atoms with Gasteiger partial charge in [-0.15, -0.1) is 0 Å². The van der Waals surface area contributed by atoms with Gasteiger partial charge in [0.15, 0.2) is 6.61 Å². The van der Waals surface area contributed by atoms with Gasteiger partial charge in [-0.05, 0) is 0 Å².